The summed E-state index contributed by atoms with van der Waals surface area (Å²) >= 11 is 0. The lowest BCUT2D eigenvalue weighted by molar-refractivity contribution is -0.145. The molecule has 14 heteroatoms. The van der Waals surface area contributed by atoms with E-state index in [4.69, 9.17) is 22.3 Å². The summed E-state index contributed by atoms with van der Waals surface area (Å²) in [6.45, 7) is 4.68. The van der Waals surface area contributed by atoms with Gasteiger partial charge in [-0.25, -0.2) is 4.79 Å². The van der Waals surface area contributed by atoms with Crippen LogP contribution in [0.25, 0.3) is 0 Å². The Kier molecular flexibility index (Phi) is 12.6. The van der Waals surface area contributed by atoms with E-state index in [9.17, 15) is 33.9 Å². The van der Waals surface area contributed by atoms with Gasteiger partial charge in [0.25, 0.3) is 0 Å². The van der Waals surface area contributed by atoms with Gasteiger partial charge in [-0.05, 0) is 25.7 Å². The van der Waals surface area contributed by atoms with Gasteiger partial charge < -0.3 is 43.4 Å². The average molecular weight is 475 g/mol. The topological polar surface area (TPSA) is 257 Å². The lowest BCUT2D eigenvalue weighted by atomic mass is 10.0. The van der Waals surface area contributed by atoms with Crippen LogP contribution in [0.2, 0.25) is 0 Å². The molecule has 5 amide bonds. The number of aliphatic carboxylic acids is 1. The summed E-state index contributed by atoms with van der Waals surface area (Å²) in [5.74, 6) is -5.86. The van der Waals surface area contributed by atoms with E-state index < -0.39 is 72.2 Å². The van der Waals surface area contributed by atoms with Gasteiger partial charge in [0.2, 0.25) is 29.5 Å². The summed E-state index contributed by atoms with van der Waals surface area (Å²) < 4.78 is 0. The number of primary amides is 2. The van der Waals surface area contributed by atoms with Crippen LogP contribution in [0, 0.1) is 5.92 Å². The Bertz CT molecular complexity index is 742. The van der Waals surface area contributed by atoms with E-state index in [1.54, 1.807) is 13.8 Å². The predicted octanol–water partition coefficient (Wildman–Crippen LogP) is -3.58. The Morgan fingerprint density at radius 3 is 1.76 bits per heavy atom. The molecule has 0 radical (unpaired) electrons. The van der Waals surface area contributed by atoms with Crippen LogP contribution < -0.4 is 33.2 Å². The van der Waals surface area contributed by atoms with Crippen molar-refractivity contribution < 1.29 is 39.0 Å². The molecule has 0 aliphatic carbocycles. The normalized spacial score (nSPS) is 15.5. The highest BCUT2D eigenvalue weighted by atomic mass is 16.4. The molecule has 0 saturated carbocycles. The van der Waals surface area contributed by atoms with Crippen LogP contribution in [0.5, 0.6) is 0 Å². The van der Waals surface area contributed by atoms with Crippen molar-refractivity contribution in [3.8, 4) is 0 Å². The number of aliphatic hydroxyl groups is 1. The molecule has 0 rings (SSSR count). The monoisotopic (exact) mass is 474 g/mol. The largest absolute Gasteiger partial charge is 0.480 e. The number of nitrogens with one attached hydrogen (secondary N) is 3. The smallest absolute Gasteiger partial charge is 0.328 e. The van der Waals surface area contributed by atoms with Crippen LogP contribution in [0.3, 0.4) is 0 Å². The predicted molar refractivity (Wildman–Crippen MR) is 115 cm³/mol. The standard InChI is InChI=1S/C19H34N6O8/c1-8(2)6-11(23-16(29)10(20)4-5-13(21)27)17(30)24-12(7-14(22)28)18(31)25-15(9(3)26)19(32)33/h8-12,15,26H,4-7,20H2,1-3H3,(H2,21,27)(H2,22,28)(H,23,29)(H,24,30)(H,25,31)(H,32,33). The zero-order valence-corrected chi connectivity index (χ0v) is 18.9. The number of carbonyl (C=O) groups is 6. The zero-order chi connectivity index (χ0) is 25.9. The highest BCUT2D eigenvalue weighted by molar-refractivity contribution is 5.96. The molecule has 0 aromatic carbocycles. The van der Waals surface area contributed by atoms with Crippen molar-refractivity contribution in [3.05, 3.63) is 0 Å². The molecule has 188 valence electrons. The van der Waals surface area contributed by atoms with Crippen LogP contribution >= 0.6 is 0 Å². The lowest BCUT2D eigenvalue weighted by Gasteiger charge is -2.26. The number of carbonyl (C=O) groups excluding carboxylic acids is 5. The Morgan fingerprint density at radius 1 is 0.818 bits per heavy atom. The molecule has 0 fully saturated rings. The van der Waals surface area contributed by atoms with Crippen LogP contribution in [0.4, 0.5) is 0 Å². The van der Waals surface area contributed by atoms with Gasteiger partial charge in [0, 0.05) is 6.42 Å². The van der Waals surface area contributed by atoms with Gasteiger partial charge in [0.1, 0.15) is 12.1 Å². The first-order valence-corrected chi connectivity index (χ1v) is 10.3. The van der Waals surface area contributed by atoms with Crippen LogP contribution in [-0.4, -0.2) is 76.0 Å². The molecule has 11 N–H and O–H groups in total. The van der Waals surface area contributed by atoms with E-state index in [1.807, 2.05) is 5.32 Å². The van der Waals surface area contributed by atoms with E-state index in [0.717, 1.165) is 6.92 Å². The second kappa shape index (κ2) is 14.0. The lowest BCUT2D eigenvalue weighted by Crippen LogP contribution is -2.59. The third-order valence-electron chi connectivity index (χ3n) is 4.46. The molecule has 0 spiro atoms. The van der Waals surface area contributed by atoms with Crippen molar-refractivity contribution in [3.63, 3.8) is 0 Å². The molecular formula is C19H34N6O8. The Labute approximate surface area is 191 Å². The van der Waals surface area contributed by atoms with Crippen LogP contribution in [0.1, 0.15) is 46.5 Å². The van der Waals surface area contributed by atoms with Gasteiger partial charge in [-0.3, -0.25) is 24.0 Å². The molecule has 14 nitrogen and oxygen atoms in total. The maximum absolute atomic E-state index is 12.8. The van der Waals surface area contributed by atoms with Crippen molar-refractivity contribution >= 4 is 35.5 Å². The Balaban J connectivity index is 5.49. The quantitative estimate of drug-likeness (QED) is 0.116. The minimum atomic E-state index is -1.70. The molecule has 0 aromatic rings. The van der Waals surface area contributed by atoms with Gasteiger partial charge in [0.05, 0.1) is 18.6 Å². The molecule has 0 bridgehead atoms. The first kappa shape index (κ1) is 29.7. The first-order chi connectivity index (χ1) is 15.1. The second-order valence-electron chi connectivity index (χ2n) is 8.10. The summed E-state index contributed by atoms with van der Waals surface area (Å²) in [6, 6.07) is -5.54. The number of hydrogen-bond acceptors (Lipinski definition) is 8. The Morgan fingerprint density at radius 2 is 1.33 bits per heavy atom. The molecule has 33 heavy (non-hydrogen) atoms. The van der Waals surface area contributed by atoms with E-state index >= 15 is 0 Å². The van der Waals surface area contributed by atoms with E-state index in [0.29, 0.717) is 0 Å². The summed E-state index contributed by atoms with van der Waals surface area (Å²) in [5.41, 5.74) is 15.9. The van der Waals surface area contributed by atoms with Crippen molar-refractivity contribution in [1.82, 2.24) is 16.0 Å². The first-order valence-electron chi connectivity index (χ1n) is 10.3. The fourth-order valence-corrected chi connectivity index (χ4v) is 2.74. The van der Waals surface area contributed by atoms with Crippen LogP contribution in [0.15, 0.2) is 0 Å². The number of carboxylic acids is 1. The van der Waals surface area contributed by atoms with Crippen LogP contribution in [-0.2, 0) is 28.8 Å². The van der Waals surface area contributed by atoms with Crippen molar-refractivity contribution in [2.75, 3.05) is 0 Å². The molecule has 5 atom stereocenters. The van der Waals surface area contributed by atoms with Crippen molar-refractivity contribution in [2.24, 2.45) is 23.1 Å². The van der Waals surface area contributed by atoms with E-state index in [2.05, 4.69) is 10.6 Å². The number of nitrogens with two attached hydrogens (primary N) is 3. The third kappa shape index (κ3) is 11.8. The van der Waals surface area contributed by atoms with Gasteiger partial charge in [-0.2, -0.15) is 0 Å². The number of aliphatic hydroxyl groups excluding tert-OH is 1. The van der Waals surface area contributed by atoms with Gasteiger partial charge in [-0.1, -0.05) is 13.8 Å². The SMILES string of the molecule is CC(C)CC(NC(=O)C(N)CCC(N)=O)C(=O)NC(CC(N)=O)C(=O)NC(C(=O)O)C(C)O. The summed E-state index contributed by atoms with van der Waals surface area (Å²) in [5, 5.41) is 25.4. The minimum absolute atomic E-state index is 0.0419. The molecule has 0 saturated heterocycles. The average Bonchev–Trinajstić information content (AvgIpc) is 2.67. The molecule has 0 heterocycles. The highest BCUT2D eigenvalue weighted by Crippen LogP contribution is 2.08. The van der Waals surface area contributed by atoms with E-state index in [-0.39, 0.29) is 25.2 Å². The van der Waals surface area contributed by atoms with Gasteiger partial charge >= 0.3 is 5.97 Å². The van der Waals surface area contributed by atoms with Gasteiger partial charge in [-0.15, -0.1) is 0 Å². The molecular weight excluding hydrogens is 440 g/mol. The second-order valence-corrected chi connectivity index (χ2v) is 8.10. The van der Waals surface area contributed by atoms with Crippen molar-refractivity contribution in [1.29, 1.82) is 0 Å². The summed E-state index contributed by atoms with van der Waals surface area (Å²) in [7, 11) is 0. The molecule has 5 unspecified atom stereocenters. The third-order valence-corrected chi connectivity index (χ3v) is 4.46. The number of rotatable bonds is 15. The van der Waals surface area contributed by atoms with E-state index in [1.165, 1.54) is 0 Å². The van der Waals surface area contributed by atoms with Crippen molar-refractivity contribution in [2.45, 2.75) is 76.7 Å². The highest BCUT2D eigenvalue weighted by Gasteiger charge is 2.32. The summed E-state index contributed by atoms with van der Waals surface area (Å²) in [6.07, 6.45) is -2.17. The fraction of sp³-hybridized carbons (Fsp3) is 0.684. The maximum Gasteiger partial charge on any atom is 0.328 e. The maximum atomic E-state index is 12.8. The molecule has 0 aromatic heterocycles. The van der Waals surface area contributed by atoms with Gasteiger partial charge in [0.15, 0.2) is 6.04 Å². The zero-order valence-electron chi connectivity index (χ0n) is 18.9. The number of amides is 5. The Hall–Kier alpha value is -3.26. The number of carboxylic acid groups (broad SMARTS) is 1. The number of hydrogen-bond donors (Lipinski definition) is 8. The molecule has 0 aliphatic rings. The summed E-state index contributed by atoms with van der Waals surface area (Å²) in [4.78, 5) is 71.1. The molecule has 0 aliphatic heterocycles. The fourth-order valence-electron chi connectivity index (χ4n) is 2.74. The minimum Gasteiger partial charge on any atom is -0.480 e.